The third-order valence-corrected chi connectivity index (χ3v) is 4.63. The van der Waals surface area contributed by atoms with Gasteiger partial charge in [0.25, 0.3) is 0 Å². The van der Waals surface area contributed by atoms with Crippen LogP contribution in [0.1, 0.15) is 20.8 Å². The second kappa shape index (κ2) is 7.14. The van der Waals surface area contributed by atoms with E-state index in [2.05, 4.69) is 26.1 Å². The standard InChI is InChI=1S/C13H20ClNOS/c1-4-15-12(10(2)3)9-17(16)13-8-6-5-7-11(13)14/h5-8,10,12,15H,4,9H2,1-3H3. The summed E-state index contributed by atoms with van der Waals surface area (Å²) in [5, 5.41) is 3.95. The van der Waals surface area contributed by atoms with Gasteiger partial charge in [0.1, 0.15) is 0 Å². The lowest BCUT2D eigenvalue weighted by Gasteiger charge is -2.21. The molecule has 0 bridgehead atoms. The predicted molar refractivity (Wildman–Crippen MR) is 75.0 cm³/mol. The van der Waals surface area contributed by atoms with Crippen molar-refractivity contribution < 1.29 is 4.21 Å². The first-order chi connectivity index (χ1) is 8.06. The number of benzene rings is 1. The minimum absolute atomic E-state index is 0.261. The zero-order chi connectivity index (χ0) is 12.8. The van der Waals surface area contributed by atoms with E-state index in [0.29, 0.717) is 16.7 Å². The van der Waals surface area contributed by atoms with E-state index in [4.69, 9.17) is 11.6 Å². The van der Waals surface area contributed by atoms with E-state index in [9.17, 15) is 4.21 Å². The van der Waals surface area contributed by atoms with Crippen LogP contribution in [0.25, 0.3) is 0 Å². The van der Waals surface area contributed by atoms with Gasteiger partial charge in [-0.3, -0.25) is 4.21 Å². The SMILES string of the molecule is CCNC(CS(=O)c1ccccc1Cl)C(C)C. The first kappa shape index (κ1) is 14.7. The topological polar surface area (TPSA) is 29.1 Å². The molecule has 0 fully saturated rings. The summed E-state index contributed by atoms with van der Waals surface area (Å²) in [5.41, 5.74) is 0. The summed E-state index contributed by atoms with van der Waals surface area (Å²) in [5.74, 6) is 1.07. The van der Waals surface area contributed by atoms with E-state index in [-0.39, 0.29) is 6.04 Å². The van der Waals surface area contributed by atoms with Gasteiger partial charge in [0, 0.05) is 11.8 Å². The summed E-state index contributed by atoms with van der Waals surface area (Å²) in [4.78, 5) is 0.734. The Balaban J connectivity index is 2.74. The molecule has 0 aliphatic carbocycles. The van der Waals surface area contributed by atoms with E-state index >= 15 is 0 Å². The fraction of sp³-hybridized carbons (Fsp3) is 0.538. The highest BCUT2D eigenvalue weighted by Crippen LogP contribution is 2.20. The molecule has 0 amide bonds. The molecule has 17 heavy (non-hydrogen) atoms. The highest BCUT2D eigenvalue weighted by molar-refractivity contribution is 7.85. The quantitative estimate of drug-likeness (QED) is 0.863. The molecule has 1 aromatic rings. The maximum Gasteiger partial charge on any atom is 0.0574 e. The molecule has 4 heteroatoms. The average molecular weight is 274 g/mol. The molecular weight excluding hydrogens is 254 g/mol. The Labute approximate surface area is 111 Å². The van der Waals surface area contributed by atoms with Crippen LogP contribution < -0.4 is 5.32 Å². The molecular formula is C13H20ClNOS. The van der Waals surface area contributed by atoms with Crippen LogP contribution >= 0.6 is 11.6 Å². The van der Waals surface area contributed by atoms with Crippen molar-refractivity contribution in [3.05, 3.63) is 29.3 Å². The van der Waals surface area contributed by atoms with Crippen molar-refractivity contribution in [2.24, 2.45) is 5.92 Å². The molecule has 2 nitrogen and oxygen atoms in total. The van der Waals surface area contributed by atoms with Crippen molar-refractivity contribution in [2.45, 2.75) is 31.7 Å². The van der Waals surface area contributed by atoms with E-state index < -0.39 is 10.8 Å². The maximum absolute atomic E-state index is 12.2. The van der Waals surface area contributed by atoms with Gasteiger partial charge < -0.3 is 5.32 Å². The molecule has 2 atom stereocenters. The minimum Gasteiger partial charge on any atom is -0.313 e. The summed E-state index contributed by atoms with van der Waals surface area (Å²) in [6, 6.07) is 7.61. The first-order valence-electron chi connectivity index (χ1n) is 5.92. The van der Waals surface area contributed by atoms with E-state index in [1.807, 2.05) is 18.2 Å². The minimum atomic E-state index is -1.04. The van der Waals surface area contributed by atoms with Gasteiger partial charge in [0.15, 0.2) is 0 Å². The lowest BCUT2D eigenvalue weighted by molar-refractivity contribution is 0.440. The van der Waals surface area contributed by atoms with Crippen molar-refractivity contribution in [2.75, 3.05) is 12.3 Å². The zero-order valence-corrected chi connectivity index (χ0v) is 12.1. The largest absolute Gasteiger partial charge is 0.313 e. The molecule has 0 aliphatic heterocycles. The Morgan fingerprint density at radius 1 is 1.35 bits per heavy atom. The Morgan fingerprint density at radius 3 is 2.53 bits per heavy atom. The van der Waals surface area contributed by atoms with Gasteiger partial charge in [-0.15, -0.1) is 0 Å². The monoisotopic (exact) mass is 273 g/mol. The first-order valence-corrected chi connectivity index (χ1v) is 7.62. The summed E-state index contributed by atoms with van der Waals surface area (Å²) in [6.45, 7) is 7.23. The van der Waals surface area contributed by atoms with E-state index in [0.717, 1.165) is 11.4 Å². The molecule has 0 heterocycles. The van der Waals surface area contributed by atoms with Crippen molar-refractivity contribution >= 4 is 22.4 Å². The van der Waals surface area contributed by atoms with Crippen LogP contribution in [0.2, 0.25) is 5.02 Å². The van der Waals surface area contributed by atoms with Crippen molar-refractivity contribution in [1.29, 1.82) is 0 Å². The van der Waals surface area contributed by atoms with Crippen LogP contribution in [0.4, 0.5) is 0 Å². The van der Waals surface area contributed by atoms with E-state index in [1.54, 1.807) is 6.07 Å². The molecule has 0 aliphatic rings. The van der Waals surface area contributed by atoms with Crippen molar-refractivity contribution in [3.63, 3.8) is 0 Å². The fourth-order valence-corrected chi connectivity index (χ4v) is 3.55. The predicted octanol–water partition coefficient (Wildman–Crippen LogP) is 3.08. The molecule has 0 saturated heterocycles. The molecule has 0 saturated carbocycles. The number of rotatable bonds is 6. The van der Waals surface area contributed by atoms with Crippen LogP contribution in [-0.4, -0.2) is 22.5 Å². The van der Waals surface area contributed by atoms with Crippen LogP contribution in [0.3, 0.4) is 0 Å². The van der Waals surface area contributed by atoms with Gasteiger partial charge in [0.2, 0.25) is 0 Å². The van der Waals surface area contributed by atoms with Crippen molar-refractivity contribution in [1.82, 2.24) is 5.32 Å². The number of halogens is 1. The molecule has 1 aromatic carbocycles. The van der Waals surface area contributed by atoms with Crippen LogP contribution in [0, 0.1) is 5.92 Å². The third-order valence-electron chi connectivity index (χ3n) is 2.68. The van der Waals surface area contributed by atoms with Crippen LogP contribution in [0.5, 0.6) is 0 Å². The molecule has 0 spiro atoms. The summed E-state index contributed by atoms with van der Waals surface area (Å²) < 4.78 is 12.2. The molecule has 0 radical (unpaired) electrons. The van der Waals surface area contributed by atoms with Crippen LogP contribution in [-0.2, 0) is 10.8 Å². The third kappa shape index (κ3) is 4.41. The summed E-state index contributed by atoms with van der Waals surface area (Å²) in [6.07, 6.45) is 0. The van der Waals surface area contributed by atoms with Gasteiger partial charge in [-0.2, -0.15) is 0 Å². The molecule has 0 aromatic heterocycles. The summed E-state index contributed by atoms with van der Waals surface area (Å²) >= 11 is 6.05. The van der Waals surface area contributed by atoms with E-state index in [1.165, 1.54) is 0 Å². The maximum atomic E-state index is 12.2. The fourth-order valence-electron chi connectivity index (χ4n) is 1.63. The Morgan fingerprint density at radius 2 is 2.00 bits per heavy atom. The molecule has 1 rings (SSSR count). The Hall–Kier alpha value is -0.380. The Bertz CT molecular complexity index is 381. The molecule has 1 N–H and O–H groups in total. The molecule has 2 unspecified atom stereocenters. The lowest BCUT2D eigenvalue weighted by Crippen LogP contribution is -2.38. The van der Waals surface area contributed by atoms with Gasteiger partial charge in [0.05, 0.1) is 20.7 Å². The number of hydrogen-bond donors (Lipinski definition) is 1. The second-order valence-electron chi connectivity index (χ2n) is 4.35. The second-order valence-corrected chi connectivity index (χ2v) is 6.22. The van der Waals surface area contributed by atoms with Gasteiger partial charge >= 0.3 is 0 Å². The zero-order valence-electron chi connectivity index (χ0n) is 10.6. The van der Waals surface area contributed by atoms with Gasteiger partial charge in [-0.25, -0.2) is 0 Å². The normalized spacial score (nSPS) is 14.9. The van der Waals surface area contributed by atoms with Gasteiger partial charge in [-0.05, 0) is 24.6 Å². The average Bonchev–Trinajstić information content (AvgIpc) is 2.28. The highest BCUT2D eigenvalue weighted by atomic mass is 35.5. The van der Waals surface area contributed by atoms with Gasteiger partial charge in [-0.1, -0.05) is 44.5 Å². The highest BCUT2D eigenvalue weighted by Gasteiger charge is 2.17. The smallest absolute Gasteiger partial charge is 0.0574 e. The van der Waals surface area contributed by atoms with Crippen LogP contribution in [0.15, 0.2) is 29.2 Å². The number of hydrogen-bond acceptors (Lipinski definition) is 2. The number of nitrogens with one attached hydrogen (secondary N) is 1. The summed E-state index contributed by atoms with van der Waals surface area (Å²) in [7, 11) is -1.04. The van der Waals surface area contributed by atoms with Crippen molar-refractivity contribution in [3.8, 4) is 0 Å². The Kier molecular flexibility index (Phi) is 6.17. The lowest BCUT2D eigenvalue weighted by atomic mass is 10.1. The molecule has 96 valence electrons.